The average Bonchev–Trinajstić information content (AvgIpc) is 2.70. The standard InChI is InChI=1S/C20H26N2O6S/c1-21(13-15-6-9-17(26-2)10-7-15)20(23)14-22(29(5,24)25)16-8-11-18(27-3)19(12-16)28-4/h6-12H,13-14H2,1-5H3. The number of methoxy groups -OCH3 is 3. The number of rotatable bonds is 9. The SMILES string of the molecule is COc1ccc(CN(C)C(=O)CN(c2ccc(OC)c(OC)c2)S(C)(=O)=O)cc1. The summed E-state index contributed by atoms with van der Waals surface area (Å²) in [7, 11) is 2.46. The maximum atomic E-state index is 12.7. The summed E-state index contributed by atoms with van der Waals surface area (Å²) in [5.74, 6) is 1.21. The molecule has 158 valence electrons. The summed E-state index contributed by atoms with van der Waals surface area (Å²) in [4.78, 5) is 14.2. The van der Waals surface area contributed by atoms with Crippen molar-refractivity contribution in [2.24, 2.45) is 0 Å². The van der Waals surface area contributed by atoms with E-state index in [4.69, 9.17) is 14.2 Å². The monoisotopic (exact) mass is 422 g/mol. The number of carbonyl (C=O) groups excluding carboxylic acids is 1. The van der Waals surface area contributed by atoms with Gasteiger partial charge in [-0.15, -0.1) is 0 Å². The molecule has 2 rings (SSSR count). The second-order valence-electron chi connectivity index (χ2n) is 6.41. The summed E-state index contributed by atoms with van der Waals surface area (Å²) in [6.07, 6.45) is 1.06. The molecule has 2 aromatic rings. The van der Waals surface area contributed by atoms with Gasteiger partial charge in [0, 0.05) is 19.7 Å². The summed E-state index contributed by atoms with van der Waals surface area (Å²) >= 11 is 0. The number of anilines is 1. The minimum absolute atomic E-state index is 0.316. The van der Waals surface area contributed by atoms with E-state index in [1.165, 1.54) is 25.2 Å². The molecule has 0 saturated carbocycles. The Labute approximate surface area is 171 Å². The number of carbonyl (C=O) groups is 1. The smallest absolute Gasteiger partial charge is 0.243 e. The highest BCUT2D eigenvalue weighted by atomic mass is 32.2. The third-order valence-corrected chi connectivity index (χ3v) is 5.48. The quantitative estimate of drug-likeness (QED) is 0.616. The van der Waals surface area contributed by atoms with E-state index in [9.17, 15) is 13.2 Å². The van der Waals surface area contributed by atoms with Gasteiger partial charge in [-0.2, -0.15) is 0 Å². The topological polar surface area (TPSA) is 85.4 Å². The van der Waals surface area contributed by atoms with Crippen molar-refractivity contribution in [1.82, 2.24) is 4.90 Å². The van der Waals surface area contributed by atoms with Crippen LogP contribution in [0.2, 0.25) is 0 Å². The second kappa shape index (κ2) is 9.51. The molecular weight excluding hydrogens is 396 g/mol. The Balaban J connectivity index is 2.20. The zero-order valence-electron chi connectivity index (χ0n) is 17.2. The van der Waals surface area contributed by atoms with Gasteiger partial charge < -0.3 is 19.1 Å². The van der Waals surface area contributed by atoms with Crippen molar-refractivity contribution >= 4 is 21.6 Å². The van der Waals surface area contributed by atoms with Gasteiger partial charge in [0.25, 0.3) is 0 Å². The minimum atomic E-state index is -3.70. The van der Waals surface area contributed by atoms with Gasteiger partial charge in [-0.25, -0.2) is 8.42 Å². The Kier molecular flexibility index (Phi) is 7.33. The third kappa shape index (κ3) is 5.77. The summed E-state index contributed by atoms with van der Waals surface area (Å²) in [5.41, 5.74) is 1.22. The maximum absolute atomic E-state index is 12.7. The second-order valence-corrected chi connectivity index (χ2v) is 8.31. The van der Waals surface area contributed by atoms with Crippen LogP contribution in [0, 0.1) is 0 Å². The van der Waals surface area contributed by atoms with E-state index in [1.807, 2.05) is 12.1 Å². The molecule has 0 unspecified atom stereocenters. The van der Waals surface area contributed by atoms with Gasteiger partial charge in [0.2, 0.25) is 15.9 Å². The van der Waals surface area contributed by atoms with Crippen LogP contribution in [0.15, 0.2) is 42.5 Å². The van der Waals surface area contributed by atoms with Crippen LogP contribution in [0.4, 0.5) is 5.69 Å². The zero-order chi connectivity index (χ0) is 21.6. The normalized spacial score (nSPS) is 10.9. The molecule has 0 aliphatic carbocycles. The van der Waals surface area contributed by atoms with E-state index in [0.717, 1.165) is 21.9 Å². The summed E-state index contributed by atoms with van der Waals surface area (Å²) in [6, 6.07) is 12.0. The average molecular weight is 423 g/mol. The molecule has 0 aromatic heterocycles. The van der Waals surface area contributed by atoms with Crippen molar-refractivity contribution in [3.63, 3.8) is 0 Å². The van der Waals surface area contributed by atoms with E-state index in [-0.39, 0.29) is 12.5 Å². The van der Waals surface area contributed by atoms with E-state index >= 15 is 0 Å². The number of sulfonamides is 1. The Morgan fingerprint density at radius 1 is 0.931 bits per heavy atom. The van der Waals surface area contributed by atoms with Gasteiger partial charge in [-0.3, -0.25) is 9.10 Å². The number of likely N-dealkylation sites (N-methyl/N-ethyl adjacent to an activating group) is 1. The van der Waals surface area contributed by atoms with Crippen LogP contribution in [-0.2, 0) is 21.4 Å². The van der Waals surface area contributed by atoms with Gasteiger partial charge >= 0.3 is 0 Å². The van der Waals surface area contributed by atoms with Crippen molar-refractivity contribution in [1.29, 1.82) is 0 Å². The first-order chi connectivity index (χ1) is 13.7. The fourth-order valence-electron chi connectivity index (χ4n) is 2.72. The van der Waals surface area contributed by atoms with Crippen molar-refractivity contribution < 1.29 is 27.4 Å². The fraction of sp³-hybridized carbons (Fsp3) is 0.350. The van der Waals surface area contributed by atoms with Crippen molar-refractivity contribution in [3.05, 3.63) is 48.0 Å². The number of ether oxygens (including phenoxy) is 3. The van der Waals surface area contributed by atoms with Gasteiger partial charge in [-0.1, -0.05) is 12.1 Å². The van der Waals surface area contributed by atoms with Gasteiger partial charge in [0.1, 0.15) is 12.3 Å². The lowest BCUT2D eigenvalue weighted by Gasteiger charge is -2.26. The molecular formula is C20H26N2O6S. The molecule has 0 fully saturated rings. The number of nitrogens with zero attached hydrogens (tertiary/aromatic N) is 2. The fourth-order valence-corrected chi connectivity index (χ4v) is 3.56. The van der Waals surface area contributed by atoms with Gasteiger partial charge in [0.05, 0.1) is 33.3 Å². The summed E-state index contributed by atoms with van der Waals surface area (Å²) in [5, 5.41) is 0. The van der Waals surface area contributed by atoms with Crippen LogP contribution in [0.5, 0.6) is 17.2 Å². The first-order valence-electron chi connectivity index (χ1n) is 8.76. The van der Waals surface area contributed by atoms with Crippen molar-refractivity contribution in [2.45, 2.75) is 6.54 Å². The number of benzene rings is 2. The highest BCUT2D eigenvalue weighted by molar-refractivity contribution is 7.92. The molecule has 29 heavy (non-hydrogen) atoms. The van der Waals surface area contributed by atoms with E-state index in [2.05, 4.69) is 0 Å². The molecule has 0 N–H and O–H groups in total. The largest absolute Gasteiger partial charge is 0.497 e. The molecule has 2 aromatic carbocycles. The summed E-state index contributed by atoms with van der Waals surface area (Å²) in [6.45, 7) is 0.00728. The lowest BCUT2D eigenvalue weighted by Crippen LogP contribution is -2.41. The van der Waals surface area contributed by atoms with E-state index in [1.54, 1.807) is 38.4 Å². The van der Waals surface area contributed by atoms with E-state index in [0.29, 0.717) is 23.7 Å². The van der Waals surface area contributed by atoms with E-state index < -0.39 is 10.0 Å². The van der Waals surface area contributed by atoms with Gasteiger partial charge in [-0.05, 0) is 29.8 Å². The molecule has 9 heteroatoms. The lowest BCUT2D eigenvalue weighted by molar-refractivity contribution is -0.128. The summed E-state index contributed by atoms with van der Waals surface area (Å²) < 4.78 is 41.3. The Morgan fingerprint density at radius 3 is 2.07 bits per heavy atom. The number of hydrogen-bond acceptors (Lipinski definition) is 6. The van der Waals surface area contributed by atoms with Gasteiger partial charge in [0.15, 0.2) is 11.5 Å². The van der Waals surface area contributed by atoms with Crippen LogP contribution in [0.25, 0.3) is 0 Å². The molecule has 0 aliphatic heterocycles. The highest BCUT2D eigenvalue weighted by Crippen LogP contribution is 2.32. The molecule has 0 saturated heterocycles. The molecule has 0 aliphatic rings. The Bertz CT molecular complexity index is 944. The molecule has 8 nitrogen and oxygen atoms in total. The first kappa shape index (κ1) is 22.4. The van der Waals surface area contributed by atoms with Crippen LogP contribution in [0.1, 0.15) is 5.56 Å². The zero-order valence-corrected chi connectivity index (χ0v) is 18.0. The molecule has 0 bridgehead atoms. The number of hydrogen-bond donors (Lipinski definition) is 0. The highest BCUT2D eigenvalue weighted by Gasteiger charge is 2.24. The Hall–Kier alpha value is -2.94. The predicted molar refractivity (Wildman–Crippen MR) is 111 cm³/mol. The lowest BCUT2D eigenvalue weighted by atomic mass is 10.2. The minimum Gasteiger partial charge on any atom is -0.497 e. The first-order valence-corrected chi connectivity index (χ1v) is 10.6. The molecule has 1 amide bonds. The van der Waals surface area contributed by atoms with Crippen LogP contribution in [0.3, 0.4) is 0 Å². The van der Waals surface area contributed by atoms with Crippen LogP contribution >= 0.6 is 0 Å². The third-order valence-electron chi connectivity index (χ3n) is 4.34. The Morgan fingerprint density at radius 2 is 1.55 bits per heavy atom. The molecule has 0 radical (unpaired) electrons. The van der Waals surface area contributed by atoms with Crippen molar-refractivity contribution in [2.75, 3.05) is 45.5 Å². The maximum Gasteiger partial charge on any atom is 0.243 e. The molecule has 0 spiro atoms. The van der Waals surface area contributed by atoms with Crippen molar-refractivity contribution in [3.8, 4) is 17.2 Å². The number of amides is 1. The molecule has 0 atom stereocenters. The van der Waals surface area contributed by atoms with Crippen LogP contribution in [-0.4, -0.2) is 60.4 Å². The van der Waals surface area contributed by atoms with Crippen LogP contribution < -0.4 is 18.5 Å². The predicted octanol–water partition coefficient (Wildman–Crippen LogP) is 2.14. The molecule has 0 heterocycles.